The number of nitrogens with two attached hydrogens (primary N) is 1. The van der Waals surface area contributed by atoms with E-state index in [1.807, 2.05) is 31.2 Å². The summed E-state index contributed by atoms with van der Waals surface area (Å²) >= 11 is 0. The normalized spacial score (nSPS) is 10.9. The molecule has 0 atom stereocenters. The number of carbonyl (C=O) groups excluding carboxylic acids is 3. The molecule has 2 aromatic carbocycles. The Hall–Kier alpha value is -4.53. The van der Waals surface area contributed by atoms with Gasteiger partial charge >= 0.3 is 5.97 Å². The van der Waals surface area contributed by atoms with Gasteiger partial charge in [0.2, 0.25) is 5.88 Å². The van der Waals surface area contributed by atoms with Gasteiger partial charge in [0.1, 0.15) is 11.3 Å². The highest BCUT2D eigenvalue weighted by Crippen LogP contribution is 2.33. The van der Waals surface area contributed by atoms with Gasteiger partial charge in [-0.25, -0.2) is 14.2 Å². The number of Topliss-reactive ketones (excluding diaryl/α,β-unsaturated/α-hetero) is 1. The van der Waals surface area contributed by atoms with Gasteiger partial charge in [0.05, 0.1) is 17.9 Å². The molecule has 4 rings (SSSR count). The Morgan fingerprint density at radius 3 is 2.21 bits per heavy atom. The van der Waals surface area contributed by atoms with Crippen molar-refractivity contribution in [3.63, 3.8) is 0 Å². The highest BCUT2D eigenvalue weighted by Gasteiger charge is 2.29. The summed E-state index contributed by atoms with van der Waals surface area (Å²) in [6, 6.07) is 14.1. The molecule has 0 aliphatic carbocycles. The molecule has 4 aromatic rings. The van der Waals surface area contributed by atoms with Crippen molar-refractivity contribution in [3.05, 3.63) is 88.6 Å². The number of nitrogens with zero attached hydrogens (tertiary/aromatic N) is 2. The van der Waals surface area contributed by atoms with Gasteiger partial charge in [-0.3, -0.25) is 9.59 Å². The Kier molecular flexibility index (Phi) is 7.85. The van der Waals surface area contributed by atoms with E-state index < -0.39 is 24.3 Å². The highest BCUT2D eigenvalue weighted by molar-refractivity contribution is 6.44. The van der Waals surface area contributed by atoms with Crippen LogP contribution in [0.1, 0.15) is 46.7 Å². The van der Waals surface area contributed by atoms with Crippen molar-refractivity contribution < 1.29 is 28.2 Å². The molecule has 8 nitrogen and oxygen atoms in total. The summed E-state index contributed by atoms with van der Waals surface area (Å²) in [5.41, 5.74) is 10.6. The molecule has 0 saturated carbocycles. The van der Waals surface area contributed by atoms with Gasteiger partial charge in [-0.2, -0.15) is 0 Å². The second-order valence-electron chi connectivity index (χ2n) is 8.73. The molecule has 0 radical (unpaired) electrons. The number of carbonyl (C=O) groups is 3. The molecule has 196 valence electrons. The number of amides is 1. The van der Waals surface area contributed by atoms with Crippen LogP contribution in [0.25, 0.3) is 16.6 Å². The molecular weight excluding hydrogens is 489 g/mol. The number of ketones is 1. The topological polar surface area (TPSA) is 113 Å². The van der Waals surface area contributed by atoms with Crippen LogP contribution in [0.15, 0.2) is 54.7 Å². The average Bonchev–Trinajstić information content (AvgIpc) is 3.20. The number of esters is 1. The van der Waals surface area contributed by atoms with Crippen LogP contribution in [0, 0.1) is 12.7 Å². The molecule has 0 fully saturated rings. The summed E-state index contributed by atoms with van der Waals surface area (Å²) in [6.45, 7) is 5.12. The van der Waals surface area contributed by atoms with Gasteiger partial charge in [0.15, 0.2) is 6.61 Å². The first-order valence-electron chi connectivity index (χ1n) is 12.2. The van der Waals surface area contributed by atoms with E-state index in [9.17, 15) is 18.8 Å². The Labute approximate surface area is 219 Å². The minimum absolute atomic E-state index is 0.0373. The Bertz CT molecular complexity index is 1510. The van der Waals surface area contributed by atoms with Crippen molar-refractivity contribution in [1.82, 2.24) is 9.38 Å². The van der Waals surface area contributed by atoms with E-state index in [1.165, 1.54) is 12.1 Å². The zero-order valence-corrected chi connectivity index (χ0v) is 21.4. The van der Waals surface area contributed by atoms with E-state index in [-0.39, 0.29) is 29.4 Å². The van der Waals surface area contributed by atoms with Crippen LogP contribution in [-0.4, -0.2) is 40.3 Å². The predicted octanol–water partition coefficient (Wildman–Crippen LogP) is 4.21. The van der Waals surface area contributed by atoms with Crippen molar-refractivity contribution in [2.24, 2.45) is 5.73 Å². The molecule has 2 N–H and O–H groups in total. The zero-order chi connectivity index (χ0) is 27.4. The molecule has 9 heteroatoms. The van der Waals surface area contributed by atoms with E-state index in [0.717, 1.165) is 22.4 Å². The number of fused-ring (bicyclic) bond motifs is 1. The lowest BCUT2D eigenvalue weighted by atomic mass is 9.98. The van der Waals surface area contributed by atoms with Crippen molar-refractivity contribution in [2.45, 2.75) is 33.6 Å². The van der Waals surface area contributed by atoms with Crippen LogP contribution < -0.4 is 10.5 Å². The number of hydrogen-bond donors (Lipinski definition) is 1. The minimum atomic E-state index is -1.10. The number of primary amides is 1. The number of hydrogen-bond acceptors (Lipinski definition) is 6. The third-order valence-corrected chi connectivity index (χ3v) is 6.15. The fraction of sp³-hybridized carbons (Fsp3) is 0.241. The van der Waals surface area contributed by atoms with Gasteiger partial charge in [-0.1, -0.05) is 43.3 Å². The Morgan fingerprint density at radius 2 is 1.63 bits per heavy atom. The molecule has 0 saturated heterocycles. The monoisotopic (exact) mass is 517 g/mol. The number of benzene rings is 2. The second-order valence-corrected chi connectivity index (χ2v) is 8.73. The van der Waals surface area contributed by atoms with E-state index >= 15 is 0 Å². The molecular formula is C29H28FN3O5. The van der Waals surface area contributed by atoms with E-state index in [4.69, 9.17) is 15.2 Å². The van der Waals surface area contributed by atoms with Gasteiger partial charge in [-0.05, 0) is 54.7 Å². The molecule has 2 heterocycles. The molecule has 0 aliphatic heterocycles. The molecule has 1 amide bonds. The maximum Gasteiger partial charge on any atom is 0.344 e. The van der Waals surface area contributed by atoms with Crippen LogP contribution in [-0.2, 0) is 27.2 Å². The smallest absolute Gasteiger partial charge is 0.344 e. The van der Waals surface area contributed by atoms with Gasteiger partial charge in [0, 0.05) is 18.3 Å². The van der Waals surface area contributed by atoms with E-state index in [2.05, 4.69) is 4.98 Å². The minimum Gasteiger partial charge on any atom is -0.464 e. The lowest BCUT2D eigenvalue weighted by molar-refractivity contribution is -0.145. The van der Waals surface area contributed by atoms with E-state index in [0.29, 0.717) is 24.1 Å². The Morgan fingerprint density at radius 1 is 1.00 bits per heavy atom. The summed E-state index contributed by atoms with van der Waals surface area (Å²) in [6.07, 6.45) is 2.63. The standard InChI is InChI=1S/C29H28FN3O5/c1-4-22-23(14-18-6-8-19(9-7-18)20-10-12-21(30)13-11-20)33-15-17(3)32-29(38-16-24(34)37-5-2)26(33)25(22)27(35)28(31)36/h6-13,15H,4-5,14,16H2,1-3H3,(H2,31,36). The number of aromatic nitrogens is 2. The zero-order valence-electron chi connectivity index (χ0n) is 21.4. The maximum absolute atomic E-state index is 13.3. The highest BCUT2D eigenvalue weighted by atomic mass is 19.1. The van der Waals surface area contributed by atoms with Crippen LogP contribution in [0.4, 0.5) is 4.39 Å². The quantitative estimate of drug-likeness (QED) is 0.192. The molecule has 0 spiro atoms. The fourth-order valence-corrected chi connectivity index (χ4v) is 4.49. The van der Waals surface area contributed by atoms with Crippen molar-refractivity contribution in [1.29, 1.82) is 0 Å². The largest absolute Gasteiger partial charge is 0.464 e. The SMILES string of the molecule is CCOC(=O)COc1nc(C)cn2c(Cc3ccc(-c4ccc(F)cc4)cc3)c(CC)c(C(=O)C(N)=O)c12. The number of rotatable bonds is 10. The maximum atomic E-state index is 13.3. The van der Waals surface area contributed by atoms with Crippen molar-refractivity contribution >= 4 is 23.2 Å². The molecule has 0 bridgehead atoms. The lowest BCUT2D eigenvalue weighted by Crippen LogP contribution is -2.24. The molecule has 38 heavy (non-hydrogen) atoms. The first kappa shape index (κ1) is 26.5. The number of ether oxygens (including phenoxy) is 2. The predicted molar refractivity (Wildman–Crippen MR) is 140 cm³/mol. The summed E-state index contributed by atoms with van der Waals surface area (Å²) in [7, 11) is 0. The average molecular weight is 518 g/mol. The first-order chi connectivity index (χ1) is 18.2. The first-order valence-corrected chi connectivity index (χ1v) is 12.2. The number of halogens is 1. The molecule has 0 aliphatic rings. The second kappa shape index (κ2) is 11.2. The van der Waals surface area contributed by atoms with Crippen molar-refractivity contribution in [3.8, 4) is 17.0 Å². The van der Waals surface area contributed by atoms with Gasteiger partial charge in [0.25, 0.3) is 11.7 Å². The number of aryl methyl sites for hydroxylation is 1. The summed E-state index contributed by atoms with van der Waals surface area (Å²) < 4.78 is 25.7. The molecule has 0 unspecified atom stereocenters. The van der Waals surface area contributed by atoms with Gasteiger partial charge in [-0.15, -0.1) is 0 Å². The lowest BCUT2D eigenvalue weighted by Gasteiger charge is -2.11. The van der Waals surface area contributed by atoms with Crippen LogP contribution in [0.5, 0.6) is 5.88 Å². The summed E-state index contributed by atoms with van der Waals surface area (Å²) in [5, 5.41) is 0. The fourth-order valence-electron chi connectivity index (χ4n) is 4.49. The third-order valence-electron chi connectivity index (χ3n) is 6.15. The Balaban J connectivity index is 1.81. The van der Waals surface area contributed by atoms with Crippen LogP contribution in [0.3, 0.4) is 0 Å². The van der Waals surface area contributed by atoms with Gasteiger partial charge < -0.3 is 19.6 Å². The molecule has 2 aromatic heterocycles. The summed E-state index contributed by atoms with van der Waals surface area (Å²) in [5.74, 6) is -2.80. The van der Waals surface area contributed by atoms with Crippen molar-refractivity contribution in [2.75, 3.05) is 13.2 Å². The third kappa shape index (κ3) is 5.41. The van der Waals surface area contributed by atoms with Crippen LogP contribution in [0.2, 0.25) is 0 Å². The summed E-state index contributed by atoms with van der Waals surface area (Å²) in [4.78, 5) is 41.4. The van der Waals surface area contributed by atoms with E-state index in [1.54, 1.807) is 36.6 Å². The van der Waals surface area contributed by atoms with Crippen LogP contribution >= 0.6 is 0 Å².